The first-order valence-electron chi connectivity index (χ1n) is 5.87. The molecule has 0 atom stereocenters. The molecule has 0 radical (unpaired) electrons. The van der Waals surface area contributed by atoms with E-state index in [1.165, 1.54) is 0 Å². The molecule has 0 aromatic carbocycles. The summed E-state index contributed by atoms with van der Waals surface area (Å²) < 4.78 is 1.59. The highest BCUT2D eigenvalue weighted by atomic mass is 32.1. The Morgan fingerprint density at radius 1 is 1.72 bits per heavy atom. The molecular formula is C11H17N5OS. The van der Waals surface area contributed by atoms with Gasteiger partial charge in [-0.05, 0) is 18.8 Å². The number of hydrogen-bond donors (Lipinski definition) is 2. The molecule has 3 N–H and O–H groups in total. The largest absolute Gasteiger partial charge is 0.392 e. The second-order valence-corrected chi connectivity index (χ2v) is 5.42. The van der Waals surface area contributed by atoms with Crippen molar-refractivity contribution in [3.05, 3.63) is 12.2 Å². The maximum Gasteiger partial charge on any atom is 0.233 e. The van der Waals surface area contributed by atoms with E-state index >= 15 is 0 Å². The summed E-state index contributed by atoms with van der Waals surface area (Å²) >= 11 is 5.03. The molecule has 1 heterocycles. The van der Waals surface area contributed by atoms with Gasteiger partial charge >= 0.3 is 0 Å². The van der Waals surface area contributed by atoms with Crippen molar-refractivity contribution < 1.29 is 4.79 Å². The van der Waals surface area contributed by atoms with Gasteiger partial charge in [-0.1, -0.05) is 19.1 Å². The van der Waals surface area contributed by atoms with Gasteiger partial charge in [-0.25, -0.2) is 4.98 Å². The number of aryl methyl sites for hydroxylation is 1. The molecule has 0 spiro atoms. The Morgan fingerprint density at radius 3 is 2.83 bits per heavy atom. The topological polar surface area (TPSA) is 85.8 Å². The molecule has 18 heavy (non-hydrogen) atoms. The average molecular weight is 267 g/mol. The molecule has 1 aromatic rings. The first-order chi connectivity index (χ1) is 8.44. The zero-order valence-electron chi connectivity index (χ0n) is 10.5. The highest BCUT2D eigenvalue weighted by Crippen LogP contribution is 2.45. The molecule has 1 fully saturated rings. The van der Waals surface area contributed by atoms with Crippen LogP contribution in [0.5, 0.6) is 0 Å². The van der Waals surface area contributed by atoms with Crippen LogP contribution in [0.2, 0.25) is 0 Å². The van der Waals surface area contributed by atoms with E-state index in [1.807, 2.05) is 0 Å². The third-order valence-electron chi connectivity index (χ3n) is 3.35. The SMILES string of the molecule is CC1CC(C(=O)NCc2ncn(C)n2)(C(N)=S)C1. The Balaban J connectivity index is 1.97. The van der Waals surface area contributed by atoms with Gasteiger partial charge in [-0.3, -0.25) is 9.48 Å². The van der Waals surface area contributed by atoms with Gasteiger partial charge in [0.2, 0.25) is 5.91 Å². The molecule has 6 nitrogen and oxygen atoms in total. The lowest BCUT2D eigenvalue weighted by Gasteiger charge is -2.43. The van der Waals surface area contributed by atoms with Gasteiger partial charge in [0.25, 0.3) is 0 Å². The zero-order chi connectivity index (χ0) is 13.3. The molecule has 0 unspecified atom stereocenters. The van der Waals surface area contributed by atoms with E-state index in [4.69, 9.17) is 18.0 Å². The number of nitrogens with zero attached hydrogens (tertiary/aromatic N) is 3. The molecule has 7 heteroatoms. The Hall–Kier alpha value is -1.50. The molecule has 1 amide bonds. The van der Waals surface area contributed by atoms with E-state index in [-0.39, 0.29) is 10.9 Å². The first kappa shape index (κ1) is 12.9. The van der Waals surface area contributed by atoms with Gasteiger partial charge in [0.15, 0.2) is 5.82 Å². The van der Waals surface area contributed by atoms with Crippen molar-refractivity contribution in [1.82, 2.24) is 20.1 Å². The van der Waals surface area contributed by atoms with Crippen molar-refractivity contribution in [3.8, 4) is 0 Å². The van der Waals surface area contributed by atoms with Crippen LogP contribution in [0.3, 0.4) is 0 Å². The third-order valence-corrected chi connectivity index (χ3v) is 3.74. The van der Waals surface area contributed by atoms with Crippen molar-refractivity contribution >= 4 is 23.1 Å². The second kappa shape index (κ2) is 4.64. The summed E-state index contributed by atoms with van der Waals surface area (Å²) in [5, 5.41) is 6.91. The summed E-state index contributed by atoms with van der Waals surface area (Å²) in [4.78, 5) is 16.5. The number of thiocarbonyl (C=S) groups is 1. The van der Waals surface area contributed by atoms with Crippen molar-refractivity contribution in [3.63, 3.8) is 0 Å². The number of nitrogens with two attached hydrogens (primary N) is 1. The molecule has 1 saturated carbocycles. The smallest absolute Gasteiger partial charge is 0.233 e. The molecule has 1 aliphatic rings. The zero-order valence-corrected chi connectivity index (χ0v) is 11.3. The Bertz CT molecular complexity index is 478. The predicted octanol–water partition coefficient (Wildman–Crippen LogP) is 0.134. The van der Waals surface area contributed by atoms with E-state index in [9.17, 15) is 4.79 Å². The number of carbonyl (C=O) groups excluding carboxylic acids is 1. The summed E-state index contributed by atoms with van der Waals surface area (Å²) in [5.41, 5.74) is 5.04. The Morgan fingerprint density at radius 2 is 2.39 bits per heavy atom. The van der Waals surface area contributed by atoms with Crippen LogP contribution >= 0.6 is 12.2 Å². The summed E-state index contributed by atoms with van der Waals surface area (Å²) in [6.07, 6.45) is 3.05. The standard InChI is InChI=1S/C11H17N5OS/c1-7-3-11(4-7,9(12)18)10(17)13-5-8-14-6-16(2)15-8/h6-7H,3-5H2,1-2H3,(H2,12,18)(H,13,17). The average Bonchev–Trinajstić information content (AvgIpc) is 2.67. The van der Waals surface area contributed by atoms with E-state index in [2.05, 4.69) is 22.3 Å². The highest BCUT2D eigenvalue weighted by molar-refractivity contribution is 7.80. The number of rotatable bonds is 4. The van der Waals surface area contributed by atoms with Gasteiger partial charge in [-0.15, -0.1) is 0 Å². The lowest BCUT2D eigenvalue weighted by Crippen LogP contribution is -2.55. The molecule has 1 aliphatic carbocycles. The molecule has 0 aliphatic heterocycles. The predicted molar refractivity (Wildman–Crippen MR) is 70.5 cm³/mol. The molecule has 0 bridgehead atoms. The monoisotopic (exact) mass is 267 g/mol. The minimum atomic E-state index is -0.663. The van der Waals surface area contributed by atoms with Crippen LogP contribution in [0.25, 0.3) is 0 Å². The van der Waals surface area contributed by atoms with Crippen molar-refractivity contribution in [2.24, 2.45) is 24.1 Å². The number of nitrogens with one attached hydrogen (secondary N) is 1. The fraction of sp³-hybridized carbons (Fsp3) is 0.636. The van der Waals surface area contributed by atoms with Crippen LogP contribution in [-0.4, -0.2) is 25.7 Å². The lowest BCUT2D eigenvalue weighted by molar-refractivity contribution is -0.133. The van der Waals surface area contributed by atoms with Crippen LogP contribution in [0.4, 0.5) is 0 Å². The Labute approximate surface area is 111 Å². The van der Waals surface area contributed by atoms with Gasteiger partial charge in [0, 0.05) is 7.05 Å². The molecule has 0 saturated heterocycles. The maximum absolute atomic E-state index is 12.2. The number of hydrogen-bond acceptors (Lipinski definition) is 4. The van der Waals surface area contributed by atoms with Gasteiger partial charge in [-0.2, -0.15) is 5.10 Å². The van der Waals surface area contributed by atoms with Crippen LogP contribution < -0.4 is 11.1 Å². The first-order valence-corrected chi connectivity index (χ1v) is 6.27. The third kappa shape index (κ3) is 2.22. The van der Waals surface area contributed by atoms with Crippen molar-refractivity contribution in [2.75, 3.05) is 0 Å². The van der Waals surface area contributed by atoms with E-state index in [1.54, 1.807) is 18.1 Å². The van der Waals surface area contributed by atoms with Gasteiger partial charge < -0.3 is 11.1 Å². The normalized spacial score (nSPS) is 26.4. The van der Waals surface area contributed by atoms with Crippen LogP contribution in [-0.2, 0) is 18.4 Å². The fourth-order valence-electron chi connectivity index (χ4n) is 2.42. The van der Waals surface area contributed by atoms with E-state index in [0.29, 0.717) is 18.3 Å². The molecule has 1 aromatic heterocycles. The van der Waals surface area contributed by atoms with Crippen molar-refractivity contribution in [1.29, 1.82) is 0 Å². The van der Waals surface area contributed by atoms with E-state index < -0.39 is 5.41 Å². The maximum atomic E-state index is 12.2. The van der Waals surface area contributed by atoms with Crippen LogP contribution in [0, 0.1) is 11.3 Å². The summed E-state index contributed by atoms with van der Waals surface area (Å²) in [5.74, 6) is 0.960. The van der Waals surface area contributed by atoms with E-state index in [0.717, 1.165) is 12.8 Å². The number of amides is 1. The number of aromatic nitrogens is 3. The summed E-state index contributed by atoms with van der Waals surface area (Å²) in [7, 11) is 1.78. The lowest BCUT2D eigenvalue weighted by atomic mass is 9.62. The molecule has 2 rings (SSSR count). The number of carbonyl (C=O) groups is 1. The van der Waals surface area contributed by atoms with Gasteiger partial charge in [0.1, 0.15) is 6.33 Å². The summed E-state index contributed by atoms with van der Waals surface area (Å²) in [6.45, 7) is 2.39. The minimum absolute atomic E-state index is 0.111. The molecule has 98 valence electrons. The summed E-state index contributed by atoms with van der Waals surface area (Å²) in [6, 6.07) is 0. The Kier molecular flexibility index (Phi) is 3.34. The van der Waals surface area contributed by atoms with Gasteiger partial charge in [0.05, 0.1) is 16.9 Å². The quantitative estimate of drug-likeness (QED) is 0.758. The van der Waals surface area contributed by atoms with Crippen LogP contribution in [0.1, 0.15) is 25.6 Å². The second-order valence-electron chi connectivity index (χ2n) is 4.98. The van der Waals surface area contributed by atoms with Crippen molar-refractivity contribution in [2.45, 2.75) is 26.3 Å². The minimum Gasteiger partial charge on any atom is -0.392 e. The molecular weight excluding hydrogens is 250 g/mol. The highest BCUT2D eigenvalue weighted by Gasteiger charge is 2.50. The van der Waals surface area contributed by atoms with Crippen LogP contribution in [0.15, 0.2) is 6.33 Å². The fourth-order valence-corrected chi connectivity index (χ4v) is 2.68.